The van der Waals surface area contributed by atoms with E-state index in [2.05, 4.69) is 30.2 Å². The largest absolute Gasteiger partial charge is 0.438 e. The highest BCUT2D eigenvalue weighted by atomic mass is 35.5. The van der Waals surface area contributed by atoms with Crippen LogP contribution in [0.15, 0.2) is 83.8 Å². The first-order valence-electron chi connectivity index (χ1n) is 10.1. The number of aromatic nitrogens is 5. The molecule has 0 aliphatic carbocycles. The van der Waals surface area contributed by atoms with Crippen molar-refractivity contribution in [2.45, 2.75) is 0 Å². The van der Waals surface area contributed by atoms with E-state index in [9.17, 15) is 0 Å². The molecule has 0 unspecified atom stereocenters. The SMILES string of the molecule is Clc1ccc(Nc2nc3cc(Oc4ncnc5[nH]c(-c6cccnc6)cc45)ccc3o2)cc1. The number of hydrogen-bond donors (Lipinski definition) is 2. The van der Waals surface area contributed by atoms with E-state index in [1.54, 1.807) is 36.7 Å². The van der Waals surface area contributed by atoms with Crippen LogP contribution in [0.1, 0.15) is 0 Å². The van der Waals surface area contributed by atoms with Crippen molar-refractivity contribution in [3.8, 4) is 22.9 Å². The summed E-state index contributed by atoms with van der Waals surface area (Å²) in [6, 6.07) is 18.9. The molecule has 6 aromatic rings. The van der Waals surface area contributed by atoms with Crippen molar-refractivity contribution in [1.29, 1.82) is 0 Å². The third-order valence-corrected chi connectivity index (χ3v) is 5.28. The molecule has 9 heteroatoms. The molecule has 0 amide bonds. The normalized spacial score (nSPS) is 11.2. The number of oxazole rings is 1. The van der Waals surface area contributed by atoms with Crippen molar-refractivity contribution in [2.24, 2.45) is 0 Å². The van der Waals surface area contributed by atoms with Crippen LogP contribution >= 0.6 is 11.6 Å². The summed E-state index contributed by atoms with van der Waals surface area (Å²) in [6.07, 6.45) is 4.98. The van der Waals surface area contributed by atoms with E-state index in [-0.39, 0.29) is 0 Å². The van der Waals surface area contributed by atoms with Gasteiger partial charge in [0.2, 0.25) is 5.88 Å². The highest BCUT2D eigenvalue weighted by Gasteiger charge is 2.13. The zero-order valence-corrected chi connectivity index (χ0v) is 17.7. The second-order valence-electron chi connectivity index (χ2n) is 7.25. The van der Waals surface area contributed by atoms with Gasteiger partial charge in [-0.1, -0.05) is 11.6 Å². The first kappa shape index (κ1) is 19.3. The Hall–Kier alpha value is -4.43. The van der Waals surface area contributed by atoms with E-state index in [0.29, 0.717) is 39.4 Å². The molecule has 8 nitrogen and oxygen atoms in total. The molecular formula is C24H15ClN6O2. The van der Waals surface area contributed by atoms with Crippen LogP contribution in [0.3, 0.4) is 0 Å². The molecule has 4 heterocycles. The molecule has 33 heavy (non-hydrogen) atoms. The van der Waals surface area contributed by atoms with Crippen molar-refractivity contribution in [3.05, 3.63) is 84.4 Å². The highest BCUT2D eigenvalue weighted by molar-refractivity contribution is 6.30. The van der Waals surface area contributed by atoms with Crippen molar-refractivity contribution < 1.29 is 9.15 Å². The average Bonchev–Trinajstić information content (AvgIpc) is 3.45. The second kappa shape index (κ2) is 7.92. The van der Waals surface area contributed by atoms with Crippen LogP contribution in [0, 0.1) is 0 Å². The van der Waals surface area contributed by atoms with E-state index in [4.69, 9.17) is 20.8 Å². The van der Waals surface area contributed by atoms with Gasteiger partial charge in [-0.15, -0.1) is 0 Å². The van der Waals surface area contributed by atoms with Gasteiger partial charge in [-0.25, -0.2) is 9.97 Å². The summed E-state index contributed by atoms with van der Waals surface area (Å²) in [5.74, 6) is 1.02. The predicted molar refractivity (Wildman–Crippen MR) is 126 cm³/mol. The number of nitrogens with one attached hydrogen (secondary N) is 2. The van der Waals surface area contributed by atoms with Crippen LogP contribution in [0.25, 0.3) is 33.4 Å². The van der Waals surface area contributed by atoms with Crippen LogP contribution < -0.4 is 10.1 Å². The molecule has 0 atom stereocenters. The van der Waals surface area contributed by atoms with Crippen LogP contribution in [0.2, 0.25) is 5.02 Å². The Bertz CT molecular complexity index is 1580. The molecule has 0 bridgehead atoms. The number of H-pyrrole nitrogens is 1. The summed E-state index contributed by atoms with van der Waals surface area (Å²) in [5, 5.41) is 4.55. The molecular weight excluding hydrogens is 440 g/mol. The summed E-state index contributed by atoms with van der Waals surface area (Å²) in [4.78, 5) is 20.6. The van der Waals surface area contributed by atoms with Crippen LogP contribution in [-0.4, -0.2) is 24.9 Å². The number of benzene rings is 2. The molecule has 2 aromatic carbocycles. The van der Waals surface area contributed by atoms with Crippen LogP contribution in [0.4, 0.5) is 11.7 Å². The molecule has 0 saturated carbocycles. The van der Waals surface area contributed by atoms with Crippen molar-refractivity contribution in [1.82, 2.24) is 24.9 Å². The Morgan fingerprint density at radius 1 is 1.00 bits per heavy atom. The standard InChI is InChI=1S/C24H15ClN6O2/c25-15-3-5-16(6-4-15)29-24-31-20-10-17(7-8-21(20)33-24)32-23-18-11-19(14-2-1-9-26-12-14)30-22(18)27-13-28-23/h1-13H,(H,29,31)(H,27,28,30). The van der Waals surface area contributed by atoms with Gasteiger partial charge in [0.25, 0.3) is 6.01 Å². The lowest BCUT2D eigenvalue weighted by Crippen LogP contribution is -1.90. The van der Waals surface area contributed by atoms with Gasteiger partial charge in [0.1, 0.15) is 23.2 Å². The molecule has 0 fully saturated rings. The molecule has 0 spiro atoms. The maximum absolute atomic E-state index is 6.09. The third-order valence-electron chi connectivity index (χ3n) is 5.03. The smallest absolute Gasteiger partial charge is 0.300 e. The molecule has 0 radical (unpaired) electrons. The first-order chi connectivity index (χ1) is 16.2. The van der Waals surface area contributed by atoms with Gasteiger partial charge in [-0.3, -0.25) is 4.98 Å². The van der Waals surface area contributed by atoms with Gasteiger partial charge in [0.05, 0.1) is 5.39 Å². The van der Waals surface area contributed by atoms with Crippen LogP contribution in [0.5, 0.6) is 11.6 Å². The van der Waals surface area contributed by atoms with E-state index >= 15 is 0 Å². The fourth-order valence-electron chi connectivity index (χ4n) is 3.47. The van der Waals surface area contributed by atoms with E-state index < -0.39 is 0 Å². The number of rotatable bonds is 5. The molecule has 0 aliphatic heterocycles. The summed E-state index contributed by atoms with van der Waals surface area (Å²) in [7, 11) is 0. The van der Waals surface area contributed by atoms with Crippen molar-refractivity contribution in [3.63, 3.8) is 0 Å². The van der Waals surface area contributed by atoms with Gasteiger partial charge in [0, 0.05) is 40.4 Å². The van der Waals surface area contributed by atoms with Crippen molar-refractivity contribution in [2.75, 3.05) is 5.32 Å². The van der Waals surface area contributed by atoms with E-state index in [1.165, 1.54) is 6.33 Å². The molecule has 160 valence electrons. The fourth-order valence-corrected chi connectivity index (χ4v) is 3.59. The predicted octanol–water partition coefficient (Wildman–Crippen LogP) is 6.35. The minimum Gasteiger partial charge on any atom is -0.438 e. The minimum absolute atomic E-state index is 0.376. The van der Waals surface area contributed by atoms with Crippen LogP contribution in [-0.2, 0) is 0 Å². The average molecular weight is 455 g/mol. The lowest BCUT2D eigenvalue weighted by Gasteiger charge is -2.04. The first-order valence-corrected chi connectivity index (χ1v) is 10.4. The lowest BCUT2D eigenvalue weighted by molar-refractivity contribution is 0.468. The zero-order valence-electron chi connectivity index (χ0n) is 17.0. The Morgan fingerprint density at radius 2 is 1.91 bits per heavy atom. The number of halogens is 1. The number of nitrogens with zero attached hydrogens (tertiary/aromatic N) is 4. The molecule has 0 saturated heterocycles. The number of fused-ring (bicyclic) bond motifs is 2. The number of pyridine rings is 1. The van der Waals surface area contributed by atoms with E-state index in [1.807, 2.05) is 36.4 Å². The number of ether oxygens (including phenoxy) is 1. The summed E-state index contributed by atoms with van der Waals surface area (Å²) < 4.78 is 11.9. The van der Waals surface area contributed by atoms with E-state index in [0.717, 1.165) is 22.3 Å². The second-order valence-corrected chi connectivity index (χ2v) is 7.68. The van der Waals surface area contributed by atoms with Gasteiger partial charge < -0.3 is 19.5 Å². The molecule has 2 N–H and O–H groups in total. The monoisotopic (exact) mass is 454 g/mol. The van der Waals surface area contributed by atoms with Gasteiger partial charge in [-0.05, 0) is 54.6 Å². The molecule has 6 rings (SSSR count). The Kier molecular flexibility index (Phi) is 4.63. The Labute approximate surface area is 192 Å². The quantitative estimate of drug-likeness (QED) is 0.313. The molecule has 4 aromatic heterocycles. The fraction of sp³-hybridized carbons (Fsp3) is 0. The van der Waals surface area contributed by atoms with Gasteiger partial charge in [0.15, 0.2) is 5.58 Å². The maximum Gasteiger partial charge on any atom is 0.300 e. The summed E-state index contributed by atoms with van der Waals surface area (Å²) in [6.45, 7) is 0. The summed E-state index contributed by atoms with van der Waals surface area (Å²) >= 11 is 5.94. The lowest BCUT2D eigenvalue weighted by atomic mass is 10.2. The number of aromatic amines is 1. The molecule has 0 aliphatic rings. The number of anilines is 2. The van der Waals surface area contributed by atoms with Gasteiger partial charge >= 0.3 is 0 Å². The third kappa shape index (κ3) is 3.83. The maximum atomic E-state index is 6.09. The van der Waals surface area contributed by atoms with Gasteiger partial charge in [-0.2, -0.15) is 4.98 Å². The minimum atomic E-state index is 0.376. The topological polar surface area (TPSA) is 102 Å². The summed E-state index contributed by atoms with van der Waals surface area (Å²) in [5.41, 5.74) is 4.62. The Balaban J connectivity index is 1.29. The zero-order chi connectivity index (χ0) is 22.2. The Morgan fingerprint density at radius 3 is 2.76 bits per heavy atom. The number of hydrogen-bond acceptors (Lipinski definition) is 7. The highest BCUT2D eigenvalue weighted by Crippen LogP contribution is 2.32. The van der Waals surface area contributed by atoms with Crippen molar-refractivity contribution >= 4 is 45.4 Å².